The van der Waals surface area contributed by atoms with Crippen molar-refractivity contribution in [1.82, 2.24) is 14.5 Å². The summed E-state index contributed by atoms with van der Waals surface area (Å²) in [4.78, 5) is 47.6. The van der Waals surface area contributed by atoms with Gasteiger partial charge in [-0.1, -0.05) is 24.3 Å². The Hall–Kier alpha value is -4.78. The highest BCUT2D eigenvalue weighted by Crippen LogP contribution is 2.40. The number of alkyl halides is 1. The van der Waals surface area contributed by atoms with Crippen LogP contribution in [0.3, 0.4) is 0 Å². The van der Waals surface area contributed by atoms with Crippen LogP contribution in [0.25, 0.3) is 0 Å². The number of nitrogens with zero attached hydrogens (tertiary/aromatic N) is 5. The molecule has 0 radical (unpaired) electrons. The summed E-state index contributed by atoms with van der Waals surface area (Å²) in [7, 11) is 0. The third-order valence-corrected chi connectivity index (χ3v) is 6.11. The van der Waals surface area contributed by atoms with Crippen molar-refractivity contribution < 1.29 is 23.5 Å². The van der Waals surface area contributed by atoms with Gasteiger partial charge in [0.15, 0.2) is 0 Å². The molecule has 39 heavy (non-hydrogen) atoms. The predicted octanol–water partition coefficient (Wildman–Crippen LogP) is 5.16. The lowest BCUT2D eigenvalue weighted by atomic mass is 9.91. The van der Waals surface area contributed by atoms with Crippen LogP contribution in [0.5, 0.6) is 0 Å². The molecule has 1 aliphatic rings. The molecular formula is C29H28FN5O4. The number of carbonyl (C=O) groups excluding carboxylic acids is 3. The number of carbonyl (C=O) groups is 3. The fourth-order valence-electron chi connectivity index (χ4n) is 4.49. The summed E-state index contributed by atoms with van der Waals surface area (Å²) in [5, 5.41) is 9.29. The zero-order chi connectivity index (χ0) is 28.3. The van der Waals surface area contributed by atoms with Crippen molar-refractivity contribution in [3.8, 4) is 6.07 Å². The van der Waals surface area contributed by atoms with Crippen LogP contribution in [0.1, 0.15) is 55.2 Å². The second-order valence-corrected chi connectivity index (χ2v) is 10.0. The minimum Gasteiger partial charge on any atom is -0.459 e. The first-order valence-corrected chi connectivity index (χ1v) is 12.2. The van der Waals surface area contributed by atoms with E-state index < -0.39 is 42.8 Å². The number of anilines is 1. The Labute approximate surface area is 225 Å². The summed E-state index contributed by atoms with van der Waals surface area (Å²) in [6, 6.07) is 13.3. The van der Waals surface area contributed by atoms with Gasteiger partial charge < -0.3 is 9.64 Å². The molecule has 1 unspecified atom stereocenters. The lowest BCUT2D eigenvalue weighted by Gasteiger charge is -2.43. The third-order valence-electron chi connectivity index (χ3n) is 6.11. The SMILES string of the molecule is CC1=C(C(=O)n2ccnc2)C(c2ccc(C#N)cc2)N(CC(=O)OC(C)(C)C)C(=O)N1c1cccc(CF)c1. The van der Waals surface area contributed by atoms with Gasteiger partial charge in [-0.05, 0) is 63.1 Å². The molecule has 1 aromatic heterocycles. The van der Waals surface area contributed by atoms with Crippen LogP contribution in [0, 0.1) is 11.3 Å². The second-order valence-electron chi connectivity index (χ2n) is 10.0. The zero-order valence-corrected chi connectivity index (χ0v) is 22.1. The minimum atomic E-state index is -0.992. The largest absolute Gasteiger partial charge is 0.459 e. The Kier molecular flexibility index (Phi) is 7.63. The number of urea groups is 1. The van der Waals surface area contributed by atoms with Gasteiger partial charge in [0.1, 0.15) is 25.1 Å². The molecule has 0 N–H and O–H groups in total. The molecule has 0 aliphatic carbocycles. The number of ether oxygens (including phenoxy) is 1. The summed E-state index contributed by atoms with van der Waals surface area (Å²) in [6.07, 6.45) is 4.29. The Bertz CT molecular complexity index is 1470. The van der Waals surface area contributed by atoms with Crippen LogP contribution in [-0.2, 0) is 16.2 Å². The minimum absolute atomic E-state index is 0.200. The van der Waals surface area contributed by atoms with E-state index in [0.29, 0.717) is 28.1 Å². The fraction of sp³-hybridized carbons (Fsp3) is 0.276. The molecule has 0 saturated carbocycles. The number of hydrogen-bond acceptors (Lipinski definition) is 6. The number of aromatic nitrogens is 2. The standard InChI is InChI=1S/C29H28FN5O4/c1-19-25(27(37)33-13-12-32-18-33)26(22-10-8-20(16-31)9-11-22)34(17-24(36)39-29(2,3)4)28(38)35(19)23-7-5-6-21(14-23)15-30/h5-14,18,26H,15,17H2,1-4H3. The van der Waals surface area contributed by atoms with E-state index in [1.165, 1.54) is 39.2 Å². The van der Waals surface area contributed by atoms with Crippen LogP contribution in [-0.4, -0.2) is 44.5 Å². The average Bonchev–Trinajstić information content (AvgIpc) is 3.44. The van der Waals surface area contributed by atoms with E-state index in [4.69, 9.17) is 4.74 Å². The summed E-state index contributed by atoms with van der Waals surface area (Å²) >= 11 is 0. The fourth-order valence-corrected chi connectivity index (χ4v) is 4.49. The smallest absolute Gasteiger partial charge is 0.330 e. The molecule has 0 bridgehead atoms. The van der Waals surface area contributed by atoms with E-state index in [0.717, 1.165) is 0 Å². The van der Waals surface area contributed by atoms with Gasteiger partial charge in [-0.25, -0.2) is 14.2 Å². The highest BCUT2D eigenvalue weighted by Gasteiger charge is 2.44. The van der Waals surface area contributed by atoms with Gasteiger partial charge in [0, 0.05) is 18.1 Å². The lowest BCUT2D eigenvalue weighted by molar-refractivity contribution is -0.155. The van der Waals surface area contributed by atoms with Crippen molar-refractivity contribution in [1.29, 1.82) is 5.26 Å². The number of benzene rings is 2. The lowest BCUT2D eigenvalue weighted by Crippen LogP contribution is -2.53. The number of hydrogen-bond donors (Lipinski definition) is 0. The molecule has 0 saturated heterocycles. The Morgan fingerprint density at radius 1 is 1.15 bits per heavy atom. The molecule has 2 aromatic carbocycles. The molecular weight excluding hydrogens is 501 g/mol. The third kappa shape index (κ3) is 5.72. The van der Waals surface area contributed by atoms with E-state index in [-0.39, 0.29) is 5.57 Å². The number of amides is 2. The molecule has 2 heterocycles. The van der Waals surface area contributed by atoms with Crippen molar-refractivity contribution in [3.05, 3.63) is 95.2 Å². The first-order valence-electron chi connectivity index (χ1n) is 12.2. The molecule has 4 rings (SSSR count). The number of allylic oxidation sites excluding steroid dienone is 1. The van der Waals surface area contributed by atoms with E-state index in [1.807, 2.05) is 0 Å². The highest BCUT2D eigenvalue weighted by molar-refractivity contribution is 6.06. The maximum absolute atomic E-state index is 14.1. The highest BCUT2D eigenvalue weighted by atomic mass is 19.1. The first-order chi connectivity index (χ1) is 18.5. The molecule has 0 spiro atoms. The van der Waals surface area contributed by atoms with E-state index in [9.17, 15) is 24.0 Å². The van der Waals surface area contributed by atoms with Crippen molar-refractivity contribution in [2.24, 2.45) is 0 Å². The number of nitriles is 1. The molecule has 3 aromatic rings. The van der Waals surface area contributed by atoms with Crippen LogP contribution in [0.2, 0.25) is 0 Å². The van der Waals surface area contributed by atoms with E-state index >= 15 is 0 Å². The summed E-state index contributed by atoms with van der Waals surface area (Å²) in [6.45, 7) is 5.57. The van der Waals surface area contributed by atoms with Crippen molar-refractivity contribution in [3.63, 3.8) is 0 Å². The maximum atomic E-state index is 14.1. The molecule has 2 amide bonds. The number of esters is 1. The monoisotopic (exact) mass is 529 g/mol. The van der Waals surface area contributed by atoms with Gasteiger partial charge in [-0.3, -0.25) is 19.1 Å². The van der Waals surface area contributed by atoms with Crippen LogP contribution >= 0.6 is 0 Å². The number of halogens is 1. The van der Waals surface area contributed by atoms with Gasteiger partial charge >= 0.3 is 12.0 Å². The Morgan fingerprint density at radius 3 is 2.46 bits per heavy atom. The molecule has 200 valence electrons. The maximum Gasteiger partial charge on any atom is 0.330 e. The van der Waals surface area contributed by atoms with Crippen LogP contribution < -0.4 is 4.90 Å². The van der Waals surface area contributed by atoms with Gasteiger partial charge in [-0.2, -0.15) is 5.26 Å². The number of imidazole rings is 1. The zero-order valence-electron chi connectivity index (χ0n) is 22.1. The second kappa shape index (κ2) is 10.9. The first kappa shape index (κ1) is 27.3. The topological polar surface area (TPSA) is 109 Å². The van der Waals surface area contributed by atoms with Gasteiger partial charge in [0.2, 0.25) is 0 Å². The molecule has 1 atom stereocenters. The van der Waals surface area contributed by atoms with Crippen LogP contribution in [0.15, 0.2) is 78.5 Å². The van der Waals surface area contributed by atoms with E-state index in [1.54, 1.807) is 70.2 Å². The van der Waals surface area contributed by atoms with Crippen molar-refractivity contribution in [2.45, 2.75) is 46.0 Å². The molecule has 1 aliphatic heterocycles. The quantitative estimate of drug-likeness (QED) is 0.408. The summed E-state index contributed by atoms with van der Waals surface area (Å²) in [5.41, 5.74) is 1.31. The molecule has 10 heteroatoms. The van der Waals surface area contributed by atoms with Crippen molar-refractivity contribution in [2.75, 3.05) is 11.4 Å². The van der Waals surface area contributed by atoms with Crippen LogP contribution in [0.4, 0.5) is 14.9 Å². The normalized spacial score (nSPS) is 15.8. The Morgan fingerprint density at radius 2 is 1.87 bits per heavy atom. The van der Waals surface area contributed by atoms with Crippen molar-refractivity contribution >= 4 is 23.6 Å². The van der Waals surface area contributed by atoms with Gasteiger partial charge in [-0.15, -0.1) is 0 Å². The Balaban J connectivity index is 1.95. The average molecular weight is 530 g/mol. The summed E-state index contributed by atoms with van der Waals surface area (Å²) in [5.74, 6) is -1.13. The van der Waals surface area contributed by atoms with Gasteiger partial charge in [0.25, 0.3) is 5.91 Å². The van der Waals surface area contributed by atoms with Gasteiger partial charge in [0.05, 0.1) is 28.9 Å². The summed E-state index contributed by atoms with van der Waals surface area (Å²) < 4.78 is 20.3. The molecule has 0 fully saturated rings. The predicted molar refractivity (Wildman–Crippen MR) is 141 cm³/mol. The number of rotatable bonds is 6. The molecule has 9 nitrogen and oxygen atoms in total. The van der Waals surface area contributed by atoms with E-state index in [2.05, 4.69) is 11.1 Å².